The lowest BCUT2D eigenvalue weighted by Crippen LogP contribution is -2.35. The molecule has 6 heteroatoms. The maximum Gasteiger partial charge on any atom is 0.310 e. The summed E-state index contributed by atoms with van der Waals surface area (Å²) in [6.45, 7) is -0.124. The Morgan fingerprint density at radius 2 is 1.76 bits per heavy atom. The van der Waals surface area contributed by atoms with E-state index in [0.29, 0.717) is 10.7 Å². The van der Waals surface area contributed by atoms with Gasteiger partial charge in [0.2, 0.25) is 0 Å². The number of nitriles is 1. The fraction of sp³-hybridized carbons (Fsp3) is 0.211. The number of amides is 1. The molecule has 0 aliphatic carbocycles. The minimum absolute atomic E-state index is 0.0635. The van der Waals surface area contributed by atoms with Gasteiger partial charge in [-0.1, -0.05) is 41.9 Å². The number of para-hydroxylation sites is 1. The fourth-order valence-corrected chi connectivity index (χ4v) is 2.33. The minimum Gasteiger partial charge on any atom is -0.455 e. The zero-order chi connectivity index (χ0) is 18.1. The molecule has 0 unspecified atom stereocenters. The number of ether oxygens (including phenoxy) is 1. The third-order valence-electron chi connectivity index (χ3n) is 3.43. The van der Waals surface area contributed by atoms with Crippen molar-refractivity contribution in [2.24, 2.45) is 0 Å². The Balaban J connectivity index is 1.92. The van der Waals surface area contributed by atoms with E-state index in [2.05, 4.69) is 0 Å². The van der Waals surface area contributed by atoms with Crippen LogP contribution in [0.1, 0.15) is 12.0 Å². The van der Waals surface area contributed by atoms with Crippen LogP contribution in [0.5, 0.6) is 0 Å². The van der Waals surface area contributed by atoms with Gasteiger partial charge in [-0.05, 0) is 29.8 Å². The van der Waals surface area contributed by atoms with Crippen molar-refractivity contribution in [2.45, 2.75) is 12.8 Å². The molecule has 0 saturated carbocycles. The number of rotatable bonds is 7. The number of halogens is 1. The van der Waals surface area contributed by atoms with Crippen molar-refractivity contribution in [1.82, 2.24) is 0 Å². The van der Waals surface area contributed by atoms with Gasteiger partial charge in [-0.15, -0.1) is 0 Å². The molecule has 25 heavy (non-hydrogen) atoms. The van der Waals surface area contributed by atoms with Crippen molar-refractivity contribution in [3.63, 3.8) is 0 Å². The molecule has 0 radical (unpaired) electrons. The number of hydrogen-bond donors (Lipinski definition) is 0. The topological polar surface area (TPSA) is 70.4 Å². The van der Waals surface area contributed by atoms with Crippen molar-refractivity contribution < 1.29 is 14.3 Å². The lowest BCUT2D eigenvalue weighted by molar-refractivity contribution is -0.147. The predicted molar refractivity (Wildman–Crippen MR) is 95.1 cm³/mol. The molecule has 2 aromatic carbocycles. The summed E-state index contributed by atoms with van der Waals surface area (Å²) in [5.74, 6) is -0.866. The van der Waals surface area contributed by atoms with Gasteiger partial charge in [-0.3, -0.25) is 9.59 Å². The molecule has 0 fully saturated rings. The van der Waals surface area contributed by atoms with Crippen LogP contribution in [0.4, 0.5) is 5.69 Å². The van der Waals surface area contributed by atoms with E-state index in [1.165, 1.54) is 4.90 Å². The first kappa shape index (κ1) is 18.5. The number of hydrogen-bond acceptors (Lipinski definition) is 4. The number of carbonyl (C=O) groups excluding carboxylic acids is 2. The molecule has 0 aromatic heterocycles. The summed E-state index contributed by atoms with van der Waals surface area (Å²) in [5, 5.41) is 9.35. The van der Waals surface area contributed by atoms with Crippen molar-refractivity contribution >= 4 is 29.2 Å². The molecule has 0 N–H and O–H groups in total. The molecule has 0 saturated heterocycles. The summed E-state index contributed by atoms with van der Waals surface area (Å²) in [6.07, 6.45) is 0.257. The second kappa shape index (κ2) is 9.45. The van der Waals surface area contributed by atoms with Crippen LogP contribution in [0, 0.1) is 11.3 Å². The number of nitrogens with zero attached hydrogens (tertiary/aromatic N) is 2. The summed E-state index contributed by atoms with van der Waals surface area (Å²) >= 11 is 5.80. The summed E-state index contributed by atoms with van der Waals surface area (Å²) in [5.41, 5.74) is 1.42. The quantitative estimate of drug-likeness (QED) is 0.713. The molecular weight excluding hydrogens is 340 g/mol. The molecule has 0 atom stereocenters. The average Bonchev–Trinajstić information content (AvgIpc) is 2.63. The van der Waals surface area contributed by atoms with E-state index < -0.39 is 5.97 Å². The first-order valence-electron chi connectivity index (χ1n) is 7.72. The molecule has 2 aromatic rings. The molecule has 5 nitrogen and oxygen atoms in total. The maximum atomic E-state index is 12.4. The SMILES string of the molecule is N#CCCN(C(=O)COC(=O)Cc1ccc(Cl)cc1)c1ccccc1. The molecule has 0 aliphatic heterocycles. The Hall–Kier alpha value is -2.84. The Morgan fingerprint density at radius 3 is 2.40 bits per heavy atom. The Morgan fingerprint density at radius 1 is 1.08 bits per heavy atom. The standard InChI is InChI=1S/C19H17ClN2O3/c20-16-9-7-15(8-10-16)13-19(24)25-14-18(23)22(12-4-11-21)17-5-2-1-3-6-17/h1-3,5-10H,4,12-14H2. The van der Waals surface area contributed by atoms with E-state index in [4.69, 9.17) is 21.6 Å². The van der Waals surface area contributed by atoms with Gasteiger partial charge in [0.1, 0.15) is 0 Å². The molecule has 0 heterocycles. The normalized spacial score (nSPS) is 9.92. The van der Waals surface area contributed by atoms with Crippen molar-refractivity contribution in [3.8, 4) is 6.07 Å². The van der Waals surface area contributed by atoms with Crippen LogP contribution in [-0.4, -0.2) is 25.0 Å². The number of benzene rings is 2. The first-order chi connectivity index (χ1) is 12.1. The zero-order valence-corrected chi connectivity index (χ0v) is 14.3. The smallest absolute Gasteiger partial charge is 0.310 e. The van der Waals surface area contributed by atoms with Crippen LogP contribution in [0.25, 0.3) is 0 Å². The highest BCUT2D eigenvalue weighted by atomic mass is 35.5. The van der Waals surface area contributed by atoms with Gasteiger partial charge < -0.3 is 9.64 Å². The molecule has 0 spiro atoms. The lowest BCUT2D eigenvalue weighted by atomic mass is 10.1. The van der Waals surface area contributed by atoms with E-state index in [1.54, 1.807) is 48.5 Å². The maximum absolute atomic E-state index is 12.4. The van der Waals surface area contributed by atoms with Crippen molar-refractivity contribution in [1.29, 1.82) is 5.26 Å². The molecule has 0 aliphatic rings. The Bertz CT molecular complexity index is 754. The van der Waals surface area contributed by atoms with E-state index in [1.807, 2.05) is 12.1 Å². The number of carbonyl (C=O) groups is 2. The second-order valence-corrected chi connectivity index (χ2v) is 5.69. The molecule has 128 valence electrons. The van der Waals surface area contributed by atoms with E-state index in [0.717, 1.165) is 5.56 Å². The van der Waals surface area contributed by atoms with Gasteiger partial charge in [0.25, 0.3) is 5.91 Å². The van der Waals surface area contributed by atoms with Gasteiger partial charge in [0, 0.05) is 17.3 Å². The van der Waals surface area contributed by atoms with E-state index in [9.17, 15) is 9.59 Å². The van der Waals surface area contributed by atoms with E-state index >= 15 is 0 Å². The van der Waals surface area contributed by atoms with Crippen LogP contribution in [-0.2, 0) is 20.7 Å². The largest absolute Gasteiger partial charge is 0.455 e. The highest BCUT2D eigenvalue weighted by Gasteiger charge is 2.17. The molecule has 0 bridgehead atoms. The molecular formula is C19H17ClN2O3. The van der Waals surface area contributed by atoms with Crippen molar-refractivity contribution in [3.05, 3.63) is 65.2 Å². The summed E-state index contributed by atoms with van der Waals surface area (Å²) in [6, 6.07) is 17.8. The summed E-state index contributed by atoms with van der Waals surface area (Å²) in [4.78, 5) is 25.7. The third kappa shape index (κ3) is 5.94. The van der Waals surface area contributed by atoms with E-state index in [-0.39, 0.29) is 31.9 Å². The Labute approximate surface area is 151 Å². The third-order valence-corrected chi connectivity index (χ3v) is 3.69. The van der Waals surface area contributed by atoms with Crippen molar-refractivity contribution in [2.75, 3.05) is 18.1 Å². The van der Waals surface area contributed by atoms with Crippen LogP contribution < -0.4 is 4.90 Å². The Kier molecular flexibility index (Phi) is 7.00. The van der Waals surface area contributed by atoms with Crippen LogP contribution >= 0.6 is 11.6 Å². The monoisotopic (exact) mass is 356 g/mol. The van der Waals surface area contributed by atoms with Crippen LogP contribution in [0.15, 0.2) is 54.6 Å². The fourth-order valence-electron chi connectivity index (χ4n) is 2.21. The van der Waals surface area contributed by atoms with Crippen LogP contribution in [0.2, 0.25) is 5.02 Å². The number of esters is 1. The highest BCUT2D eigenvalue weighted by Crippen LogP contribution is 2.14. The average molecular weight is 357 g/mol. The highest BCUT2D eigenvalue weighted by molar-refractivity contribution is 6.30. The van der Waals surface area contributed by atoms with Gasteiger partial charge in [0.05, 0.1) is 18.9 Å². The summed E-state index contributed by atoms with van der Waals surface area (Å²) < 4.78 is 5.07. The number of anilines is 1. The molecule has 1 amide bonds. The first-order valence-corrected chi connectivity index (χ1v) is 8.10. The predicted octanol–water partition coefficient (Wildman–Crippen LogP) is 3.37. The zero-order valence-electron chi connectivity index (χ0n) is 13.5. The second-order valence-electron chi connectivity index (χ2n) is 5.25. The minimum atomic E-state index is -0.496. The molecule has 2 rings (SSSR count). The van der Waals surface area contributed by atoms with Gasteiger partial charge in [-0.25, -0.2) is 0 Å². The van der Waals surface area contributed by atoms with Gasteiger partial charge >= 0.3 is 5.97 Å². The lowest BCUT2D eigenvalue weighted by Gasteiger charge is -2.21. The van der Waals surface area contributed by atoms with Gasteiger partial charge in [0.15, 0.2) is 6.61 Å². The summed E-state index contributed by atoms with van der Waals surface area (Å²) in [7, 11) is 0. The van der Waals surface area contributed by atoms with Gasteiger partial charge in [-0.2, -0.15) is 5.26 Å². The van der Waals surface area contributed by atoms with Crippen LogP contribution in [0.3, 0.4) is 0 Å².